The first-order valence-electron chi connectivity index (χ1n) is 11.3. The maximum atomic E-state index is 10.6. The Hall–Kier alpha value is -2.56. The summed E-state index contributed by atoms with van der Waals surface area (Å²) in [5.74, 6) is 0.868. The summed E-state index contributed by atoms with van der Waals surface area (Å²) in [5, 5.41) is 5.41. The first kappa shape index (κ1) is 30.6. The van der Waals surface area contributed by atoms with E-state index in [4.69, 9.17) is 4.74 Å². The van der Waals surface area contributed by atoms with Gasteiger partial charge in [-0.1, -0.05) is 82.9 Å². The molecule has 0 unspecified atom stereocenters. The van der Waals surface area contributed by atoms with Gasteiger partial charge < -0.3 is 15.4 Å². The van der Waals surface area contributed by atoms with Crippen LogP contribution < -0.4 is 15.4 Å². The van der Waals surface area contributed by atoms with Gasteiger partial charge >= 0.3 is 0 Å². The molecule has 1 rings (SSSR count). The van der Waals surface area contributed by atoms with E-state index >= 15 is 0 Å². The van der Waals surface area contributed by atoms with Gasteiger partial charge in [-0.15, -0.1) is 0 Å². The molecule has 0 saturated carbocycles. The van der Waals surface area contributed by atoms with Crippen LogP contribution in [0.25, 0.3) is 0 Å². The predicted octanol–water partition coefficient (Wildman–Crippen LogP) is 5.61. The van der Waals surface area contributed by atoms with Gasteiger partial charge in [0.2, 0.25) is 11.8 Å². The minimum atomic E-state index is 0.00731. The fraction of sp³-hybridized carbons (Fsp3) is 0.538. The van der Waals surface area contributed by atoms with Gasteiger partial charge in [-0.2, -0.15) is 0 Å². The minimum absolute atomic E-state index is 0.00731. The SMILES string of the molecule is CC/C=C/C=C/CNC(C)=O.CCCCCC.COc1cccc(CCNC(C)=O)c1. The second kappa shape index (κ2) is 23.7. The Bertz CT molecular complexity index is 621. The molecule has 31 heavy (non-hydrogen) atoms. The maximum absolute atomic E-state index is 10.6. The van der Waals surface area contributed by atoms with E-state index in [0.29, 0.717) is 13.1 Å². The fourth-order valence-corrected chi connectivity index (χ4v) is 2.27. The van der Waals surface area contributed by atoms with Crippen LogP contribution in [0.4, 0.5) is 0 Å². The third kappa shape index (κ3) is 25.4. The van der Waals surface area contributed by atoms with Crippen molar-refractivity contribution >= 4 is 11.8 Å². The summed E-state index contributed by atoms with van der Waals surface area (Å²) in [5.41, 5.74) is 1.16. The maximum Gasteiger partial charge on any atom is 0.217 e. The highest BCUT2D eigenvalue weighted by atomic mass is 16.5. The minimum Gasteiger partial charge on any atom is -0.497 e. The summed E-state index contributed by atoms with van der Waals surface area (Å²) in [4.78, 5) is 21.0. The molecular formula is C26H44N2O3. The van der Waals surface area contributed by atoms with Gasteiger partial charge in [-0.3, -0.25) is 9.59 Å². The van der Waals surface area contributed by atoms with Gasteiger partial charge in [0.05, 0.1) is 7.11 Å². The molecule has 2 N–H and O–H groups in total. The average molecular weight is 433 g/mol. The van der Waals surface area contributed by atoms with Gasteiger partial charge in [0, 0.05) is 26.9 Å². The van der Waals surface area contributed by atoms with Crippen molar-refractivity contribution in [2.75, 3.05) is 20.2 Å². The highest BCUT2D eigenvalue weighted by molar-refractivity contribution is 5.73. The molecule has 0 spiro atoms. The van der Waals surface area contributed by atoms with Gasteiger partial charge in [-0.05, 0) is 30.5 Å². The van der Waals surface area contributed by atoms with Crippen molar-refractivity contribution in [3.8, 4) is 5.75 Å². The number of allylic oxidation sites excluding steroid dienone is 3. The lowest BCUT2D eigenvalue weighted by Crippen LogP contribution is -2.22. The van der Waals surface area contributed by atoms with Crippen LogP contribution in [-0.4, -0.2) is 32.0 Å². The van der Waals surface area contributed by atoms with E-state index < -0.39 is 0 Å². The van der Waals surface area contributed by atoms with Gasteiger partial charge in [0.25, 0.3) is 0 Å². The molecule has 0 radical (unpaired) electrons. The Morgan fingerprint density at radius 2 is 1.55 bits per heavy atom. The van der Waals surface area contributed by atoms with Crippen LogP contribution in [0.1, 0.15) is 72.3 Å². The molecule has 0 aliphatic heterocycles. The molecule has 0 bridgehead atoms. The zero-order chi connectivity index (χ0) is 23.7. The first-order chi connectivity index (χ1) is 14.9. The number of hydrogen-bond donors (Lipinski definition) is 2. The standard InChI is InChI=1S/C11H15NO2.C9H15NO.C6H14/c1-9(13)12-7-6-10-4-3-5-11(8-10)14-2;1-3-4-5-6-7-8-10-9(2)11;1-3-5-6-4-2/h3-5,8H,6-7H2,1-2H3,(H,12,13);4-7H,3,8H2,1-2H3,(H,10,11);3-6H2,1-2H3/b;5-4+,7-6+;. The molecule has 1 aromatic rings. The third-order valence-electron chi connectivity index (χ3n) is 3.97. The van der Waals surface area contributed by atoms with Gasteiger partial charge in [0.15, 0.2) is 0 Å². The Balaban J connectivity index is 0. The van der Waals surface area contributed by atoms with Crippen molar-refractivity contribution in [1.29, 1.82) is 0 Å². The highest BCUT2D eigenvalue weighted by Gasteiger charge is 1.96. The molecule has 5 heteroatoms. The van der Waals surface area contributed by atoms with Crippen LogP contribution in [0.15, 0.2) is 48.6 Å². The van der Waals surface area contributed by atoms with E-state index in [2.05, 4.69) is 37.5 Å². The Morgan fingerprint density at radius 1 is 0.935 bits per heavy atom. The normalized spacial score (nSPS) is 10.0. The lowest BCUT2D eigenvalue weighted by molar-refractivity contribution is -0.119. The zero-order valence-corrected chi connectivity index (χ0v) is 20.5. The van der Waals surface area contributed by atoms with Crippen molar-refractivity contribution in [1.82, 2.24) is 10.6 Å². The first-order valence-corrected chi connectivity index (χ1v) is 11.3. The van der Waals surface area contributed by atoms with E-state index in [1.807, 2.05) is 42.5 Å². The summed E-state index contributed by atoms with van der Waals surface area (Å²) in [7, 11) is 1.65. The summed E-state index contributed by atoms with van der Waals surface area (Å²) in [6, 6.07) is 7.84. The van der Waals surface area contributed by atoms with E-state index in [9.17, 15) is 9.59 Å². The molecule has 176 valence electrons. The molecule has 0 aliphatic rings. The van der Waals surface area contributed by atoms with Crippen LogP contribution in [0, 0.1) is 0 Å². The van der Waals surface area contributed by atoms with Crippen molar-refractivity contribution in [2.24, 2.45) is 0 Å². The second-order valence-electron chi connectivity index (χ2n) is 6.99. The average Bonchev–Trinajstić information content (AvgIpc) is 2.75. The number of unbranched alkanes of at least 4 members (excludes halogenated alkanes) is 3. The summed E-state index contributed by atoms with van der Waals surface area (Å²) < 4.78 is 5.09. The van der Waals surface area contributed by atoms with Crippen molar-refractivity contribution < 1.29 is 14.3 Å². The van der Waals surface area contributed by atoms with Crippen LogP contribution in [-0.2, 0) is 16.0 Å². The number of carbonyl (C=O) groups is 2. The fourth-order valence-electron chi connectivity index (χ4n) is 2.27. The van der Waals surface area contributed by atoms with E-state index in [1.165, 1.54) is 39.5 Å². The molecule has 2 amide bonds. The summed E-state index contributed by atoms with van der Waals surface area (Å²) >= 11 is 0. The number of amides is 2. The zero-order valence-electron chi connectivity index (χ0n) is 20.5. The molecule has 0 atom stereocenters. The largest absolute Gasteiger partial charge is 0.497 e. The summed E-state index contributed by atoms with van der Waals surface area (Å²) in [6.45, 7) is 10.9. The molecule has 0 aromatic heterocycles. The van der Waals surface area contributed by atoms with Crippen LogP contribution >= 0.6 is 0 Å². The molecule has 0 saturated heterocycles. The Labute approximate surface area is 190 Å². The number of nitrogens with one attached hydrogen (secondary N) is 2. The number of ether oxygens (including phenoxy) is 1. The molecular weight excluding hydrogens is 388 g/mol. The highest BCUT2D eigenvalue weighted by Crippen LogP contribution is 2.12. The number of hydrogen-bond acceptors (Lipinski definition) is 3. The molecule has 0 fully saturated rings. The van der Waals surface area contributed by atoms with E-state index in [-0.39, 0.29) is 11.8 Å². The van der Waals surface area contributed by atoms with Crippen LogP contribution in [0.5, 0.6) is 5.75 Å². The predicted molar refractivity (Wildman–Crippen MR) is 132 cm³/mol. The number of methoxy groups -OCH3 is 1. The quantitative estimate of drug-likeness (QED) is 0.353. The van der Waals surface area contributed by atoms with Crippen molar-refractivity contribution in [3.05, 3.63) is 54.1 Å². The van der Waals surface area contributed by atoms with Crippen LogP contribution in [0.2, 0.25) is 0 Å². The van der Waals surface area contributed by atoms with Crippen LogP contribution in [0.3, 0.4) is 0 Å². The number of benzene rings is 1. The smallest absolute Gasteiger partial charge is 0.217 e. The number of carbonyl (C=O) groups excluding carboxylic acids is 2. The monoisotopic (exact) mass is 432 g/mol. The lowest BCUT2D eigenvalue weighted by atomic mass is 10.1. The topological polar surface area (TPSA) is 67.4 Å². The second-order valence-corrected chi connectivity index (χ2v) is 6.99. The Morgan fingerprint density at radius 3 is 2.06 bits per heavy atom. The van der Waals surface area contributed by atoms with Crippen molar-refractivity contribution in [3.63, 3.8) is 0 Å². The van der Waals surface area contributed by atoms with Gasteiger partial charge in [-0.25, -0.2) is 0 Å². The van der Waals surface area contributed by atoms with E-state index in [1.54, 1.807) is 7.11 Å². The molecule has 5 nitrogen and oxygen atoms in total. The van der Waals surface area contributed by atoms with Crippen molar-refractivity contribution in [2.45, 2.75) is 73.1 Å². The summed E-state index contributed by atoms with van der Waals surface area (Å²) in [6.07, 6.45) is 15.3. The van der Waals surface area contributed by atoms with Gasteiger partial charge in [0.1, 0.15) is 5.75 Å². The molecule has 1 aromatic carbocycles. The molecule has 0 heterocycles. The van der Waals surface area contributed by atoms with E-state index in [0.717, 1.165) is 24.2 Å². The molecule has 0 aliphatic carbocycles. The Kier molecular flexibility index (Phi) is 23.4. The lowest BCUT2D eigenvalue weighted by Gasteiger charge is -2.04. The number of rotatable bonds is 11. The third-order valence-corrected chi connectivity index (χ3v) is 3.97.